The average molecular weight is 505 g/mol. The molecule has 190 valence electrons. The van der Waals surface area contributed by atoms with Gasteiger partial charge in [0.1, 0.15) is 23.4 Å². The van der Waals surface area contributed by atoms with Crippen molar-refractivity contribution in [3.8, 4) is 5.75 Å². The summed E-state index contributed by atoms with van der Waals surface area (Å²) in [7, 11) is 1.77. The topological polar surface area (TPSA) is 101 Å². The van der Waals surface area contributed by atoms with Gasteiger partial charge in [-0.25, -0.2) is 14.2 Å². The monoisotopic (exact) mass is 505 g/mol. The highest BCUT2D eigenvalue weighted by Crippen LogP contribution is 2.32. The minimum absolute atomic E-state index is 0.190. The van der Waals surface area contributed by atoms with Crippen LogP contribution in [-0.4, -0.2) is 41.7 Å². The van der Waals surface area contributed by atoms with E-state index in [0.29, 0.717) is 36.5 Å². The van der Waals surface area contributed by atoms with Crippen LogP contribution >= 0.6 is 0 Å². The predicted molar refractivity (Wildman–Crippen MR) is 123 cm³/mol. The summed E-state index contributed by atoms with van der Waals surface area (Å²) in [5, 5.41) is 14.5. The number of carbonyl (C=O) groups excluding carboxylic acids is 1. The van der Waals surface area contributed by atoms with E-state index in [1.165, 1.54) is 0 Å². The van der Waals surface area contributed by atoms with Crippen LogP contribution in [0.4, 0.5) is 23.4 Å². The summed E-state index contributed by atoms with van der Waals surface area (Å²) in [6.45, 7) is 0.354. The van der Waals surface area contributed by atoms with E-state index in [0.717, 1.165) is 11.5 Å². The maximum atomic E-state index is 13.3. The van der Waals surface area contributed by atoms with E-state index in [4.69, 9.17) is 4.74 Å². The van der Waals surface area contributed by atoms with Gasteiger partial charge in [0.25, 0.3) is 5.91 Å². The minimum atomic E-state index is -4.99. The predicted octanol–water partition coefficient (Wildman–Crippen LogP) is 4.33. The first-order valence-electron chi connectivity index (χ1n) is 10.8. The molecule has 3 rings (SSSR count). The highest BCUT2D eigenvalue weighted by Gasteiger charge is 2.36. The molecular formula is C25H23F4N3O4. The number of aromatic nitrogens is 1. The number of hydrogen-bond acceptors (Lipinski definition) is 5. The molecule has 11 heteroatoms. The first-order valence-corrected chi connectivity index (χ1v) is 10.8. The van der Waals surface area contributed by atoms with E-state index < -0.39 is 41.0 Å². The van der Waals surface area contributed by atoms with Crippen LogP contribution in [0.1, 0.15) is 27.2 Å². The van der Waals surface area contributed by atoms with Crippen LogP contribution in [0.5, 0.6) is 5.75 Å². The fourth-order valence-electron chi connectivity index (χ4n) is 3.37. The molecule has 1 heterocycles. The standard InChI is InChI=1S/C25H23F4N3O4/c1-30-22-4-2-3-17(31-22)11-12-36-18-8-5-15(6-9-18)13-21(24(34)35)32-23(33)19-10-7-16(26)14-20(19)25(27,28)29/h2-10,14,21H,11-13H2,1H3,(H,30,31)(H,32,33)(H,34,35)/t21-/m0/s1. The quantitative estimate of drug-likeness (QED) is 0.355. The number of carboxylic acid groups (broad SMARTS) is 1. The second kappa shape index (κ2) is 11.5. The number of benzene rings is 2. The van der Waals surface area contributed by atoms with Crippen LogP contribution in [-0.2, 0) is 23.8 Å². The Labute approximate surface area is 204 Å². The van der Waals surface area contributed by atoms with E-state index in [1.54, 1.807) is 31.3 Å². The summed E-state index contributed by atoms with van der Waals surface area (Å²) in [6, 6.07) is 12.1. The second-order valence-electron chi connectivity index (χ2n) is 7.76. The molecule has 0 saturated heterocycles. The summed E-state index contributed by atoms with van der Waals surface area (Å²) < 4.78 is 58.6. The smallest absolute Gasteiger partial charge is 0.417 e. The van der Waals surface area contributed by atoms with Gasteiger partial charge in [-0.05, 0) is 48.0 Å². The Bertz CT molecular complexity index is 1220. The molecule has 3 N–H and O–H groups in total. The number of ether oxygens (including phenoxy) is 1. The van der Waals surface area contributed by atoms with E-state index in [-0.39, 0.29) is 12.5 Å². The van der Waals surface area contributed by atoms with Crippen molar-refractivity contribution in [1.82, 2.24) is 10.3 Å². The molecule has 0 unspecified atom stereocenters. The van der Waals surface area contributed by atoms with Gasteiger partial charge in [-0.3, -0.25) is 4.79 Å². The Morgan fingerprint density at radius 2 is 1.81 bits per heavy atom. The fourth-order valence-corrected chi connectivity index (χ4v) is 3.37. The van der Waals surface area contributed by atoms with Crippen molar-refractivity contribution in [2.45, 2.75) is 25.1 Å². The van der Waals surface area contributed by atoms with Gasteiger partial charge in [0.05, 0.1) is 17.7 Å². The first kappa shape index (κ1) is 26.5. The summed E-state index contributed by atoms with van der Waals surface area (Å²) in [6.07, 6.45) is -4.62. The van der Waals surface area contributed by atoms with Crippen molar-refractivity contribution in [2.24, 2.45) is 0 Å². The lowest BCUT2D eigenvalue weighted by molar-refractivity contribution is -0.139. The molecule has 7 nitrogen and oxygen atoms in total. The molecule has 0 bridgehead atoms. The number of anilines is 1. The number of rotatable bonds is 10. The number of nitrogens with zero attached hydrogens (tertiary/aromatic N) is 1. The van der Waals surface area contributed by atoms with Crippen LogP contribution in [0.3, 0.4) is 0 Å². The van der Waals surface area contributed by atoms with Crippen molar-refractivity contribution in [2.75, 3.05) is 19.0 Å². The van der Waals surface area contributed by atoms with Gasteiger partial charge in [0.15, 0.2) is 0 Å². The summed E-state index contributed by atoms with van der Waals surface area (Å²) in [5.41, 5.74) is -1.01. The number of pyridine rings is 1. The summed E-state index contributed by atoms with van der Waals surface area (Å²) >= 11 is 0. The van der Waals surface area contributed by atoms with Gasteiger partial charge < -0.3 is 20.5 Å². The molecule has 2 aromatic carbocycles. The normalized spacial score (nSPS) is 12.0. The Kier molecular flexibility index (Phi) is 8.46. The number of hydrogen-bond donors (Lipinski definition) is 3. The molecule has 0 aliphatic heterocycles. The Morgan fingerprint density at radius 3 is 2.44 bits per heavy atom. The molecular weight excluding hydrogens is 482 g/mol. The Balaban J connectivity index is 1.61. The number of aliphatic carboxylic acids is 1. The van der Waals surface area contributed by atoms with E-state index >= 15 is 0 Å². The summed E-state index contributed by atoms with van der Waals surface area (Å²) in [4.78, 5) is 28.5. The van der Waals surface area contributed by atoms with Crippen LogP contribution in [0.2, 0.25) is 0 Å². The molecule has 0 radical (unpaired) electrons. The molecule has 0 aliphatic carbocycles. The molecule has 1 aromatic heterocycles. The van der Waals surface area contributed by atoms with Gasteiger partial charge in [-0.15, -0.1) is 0 Å². The van der Waals surface area contributed by atoms with Crippen molar-refractivity contribution in [3.05, 3.63) is 88.9 Å². The highest BCUT2D eigenvalue weighted by atomic mass is 19.4. The van der Waals surface area contributed by atoms with Crippen LogP contribution < -0.4 is 15.4 Å². The molecule has 0 saturated carbocycles. The maximum Gasteiger partial charge on any atom is 0.417 e. The molecule has 1 atom stereocenters. The number of carboxylic acids is 1. The lowest BCUT2D eigenvalue weighted by atomic mass is 10.0. The Hall–Kier alpha value is -4.15. The number of alkyl halides is 3. The van der Waals surface area contributed by atoms with Crippen molar-refractivity contribution in [3.63, 3.8) is 0 Å². The van der Waals surface area contributed by atoms with E-state index in [9.17, 15) is 32.3 Å². The highest BCUT2D eigenvalue weighted by molar-refractivity contribution is 5.98. The largest absolute Gasteiger partial charge is 0.493 e. The zero-order valence-electron chi connectivity index (χ0n) is 19.1. The number of amides is 1. The fraction of sp³-hybridized carbons (Fsp3) is 0.240. The third-order valence-electron chi connectivity index (χ3n) is 5.19. The van der Waals surface area contributed by atoms with Gasteiger partial charge >= 0.3 is 12.1 Å². The SMILES string of the molecule is CNc1cccc(CCOc2ccc(C[C@H](NC(=O)c3ccc(F)cc3C(F)(F)F)C(=O)O)cc2)n1. The van der Waals surface area contributed by atoms with Crippen LogP contribution in [0.15, 0.2) is 60.7 Å². The first-order chi connectivity index (χ1) is 17.1. The van der Waals surface area contributed by atoms with E-state index in [2.05, 4.69) is 15.6 Å². The Morgan fingerprint density at radius 1 is 1.08 bits per heavy atom. The molecule has 0 spiro atoms. The summed E-state index contributed by atoms with van der Waals surface area (Å²) in [5.74, 6) is -2.61. The zero-order valence-corrected chi connectivity index (χ0v) is 19.1. The van der Waals surface area contributed by atoms with Gasteiger partial charge in [0.2, 0.25) is 0 Å². The van der Waals surface area contributed by atoms with Crippen molar-refractivity contribution >= 4 is 17.7 Å². The third-order valence-corrected chi connectivity index (χ3v) is 5.19. The van der Waals surface area contributed by atoms with Crippen LogP contribution in [0, 0.1) is 5.82 Å². The number of carbonyl (C=O) groups is 2. The number of halogens is 4. The molecule has 1 amide bonds. The molecule has 0 fully saturated rings. The molecule has 0 aliphatic rings. The third kappa shape index (κ3) is 7.17. The van der Waals surface area contributed by atoms with Gasteiger partial charge in [-0.2, -0.15) is 13.2 Å². The zero-order chi connectivity index (χ0) is 26.3. The lowest BCUT2D eigenvalue weighted by Crippen LogP contribution is -2.42. The average Bonchev–Trinajstić information content (AvgIpc) is 2.84. The molecule has 3 aromatic rings. The van der Waals surface area contributed by atoms with Gasteiger partial charge in [-0.1, -0.05) is 18.2 Å². The minimum Gasteiger partial charge on any atom is -0.493 e. The molecule has 36 heavy (non-hydrogen) atoms. The van der Waals surface area contributed by atoms with Crippen LogP contribution in [0.25, 0.3) is 0 Å². The van der Waals surface area contributed by atoms with Gasteiger partial charge in [0, 0.05) is 25.6 Å². The van der Waals surface area contributed by atoms with E-state index in [1.807, 2.05) is 18.2 Å². The van der Waals surface area contributed by atoms with Crippen molar-refractivity contribution < 1.29 is 37.0 Å². The number of nitrogens with one attached hydrogen (secondary N) is 2. The lowest BCUT2D eigenvalue weighted by Gasteiger charge is -2.17. The van der Waals surface area contributed by atoms with Crippen molar-refractivity contribution in [1.29, 1.82) is 0 Å². The maximum absolute atomic E-state index is 13.3. The second-order valence-corrected chi connectivity index (χ2v) is 7.76.